The lowest BCUT2D eigenvalue weighted by Gasteiger charge is -2.26. The summed E-state index contributed by atoms with van der Waals surface area (Å²) >= 11 is 0. The zero-order valence-corrected chi connectivity index (χ0v) is 9.48. The zero-order chi connectivity index (χ0) is 12.1. The maximum absolute atomic E-state index is 11.5. The molecular weight excluding hydrogens is 222 g/mol. The number of aromatic nitrogens is 3. The second kappa shape index (κ2) is 5.42. The molecule has 7 nitrogen and oxygen atoms in total. The van der Waals surface area contributed by atoms with Gasteiger partial charge in [-0.1, -0.05) is 0 Å². The number of hydrogen-bond donors (Lipinski definition) is 2. The molecule has 0 aromatic carbocycles. The van der Waals surface area contributed by atoms with Gasteiger partial charge in [0.1, 0.15) is 0 Å². The van der Waals surface area contributed by atoms with Crippen molar-refractivity contribution in [2.45, 2.75) is 19.3 Å². The van der Waals surface area contributed by atoms with Crippen LogP contribution in [0.1, 0.15) is 29.8 Å². The Bertz CT molecular complexity index is 389. The van der Waals surface area contributed by atoms with E-state index in [-0.39, 0.29) is 17.5 Å². The van der Waals surface area contributed by atoms with Crippen LogP contribution in [-0.4, -0.2) is 51.8 Å². The van der Waals surface area contributed by atoms with Crippen molar-refractivity contribution in [3.8, 4) is 0 Å². The van der Waals surface area contributed by atoms with Crippen molar-refractivity contribution in [3.05, 3.63) is 11.9 Å². The number of carbonyl (C=O) groups excluding carboxylic acids is 2. The molecule has 2 amide bonds. The first-order chi connectivity index (χ1) is 8.27. The third-order valence-corrected chi connectivity index (χ3v) is 2.74. The SMILES string of the molecule is O=C(NCCN1CCCCC1=O)c1cn[nH]n1. The van der Waals surface area contributed by atoms with Crippen LogP contribution in [-0.2, 0) is 4.79 Å². The van der Waals surface area contributed by atoms with Crippen LogP contribution in [0.15, 0.2) is 6.20 Å². The molecule has 1 aromatic rings. The fourth-order valence-electron chi connectivity index (χ4n) is 1.80. The molecule has 0 spiro atoms. The summed E-state index contributed by atoms with van der Waals surface area (Å²) in [5.41, 5.74) is 0.259. The summed E-state index contributed by atoms with van der Waals surface area (Å²) < 4.78 is 0. The second-order valence-corrected chi connectivity index (χ2v) is 3.95. The first-order valence-corrected chi connectivity index (χ1v) is 5.69. The standard InChI is InChI=1S/C10H15N5O2/c16-9-3-1-2-5-15(9)6-4-11-10(17)8-7-12-14-13-8/h7H,1-6H2,(H,11,17)(H,12,13,14). The highest BCUT2D eigenvalue weighted by Crippen LogP contribution is 2.09. The Morgan fingerprint density at radius 2 is 2.41 bits per heavy atom. The number of likely N-dealkylation sites (tertiary alicyclic amines) is 1. The van der Waals surface area contributed by atoms with E-state index < -0.39 is 0 Å². The highest BCUT2D eigenvalue weighted by molar-refractivity contribution is 5.91. The molecule has 2 rings (SSSR count). The number of nitrogens with one attached hydrogen (secondary N) is 2. The molecule has 17 heavy (non-hydrogen) atoms. The maximum Gasteiger partial charge on any atom is 0.273 e. The predicted octanol–water partition coefficient (Wildman–Crippen LogP) is -0.453. The monoisotopic (exact) mass is 237 g/mol. The Labute approximate surface area is 98.6 Å². The van der Waals surface area contributed by atoms with Gasteiger partial charge in [0.15, 0.2) is 5.69 Å². The van der Waals surface area contributed by atoms with Crippen LogP contribution in [0.4, 0.5) is 0 Å². The lowest BCUT2D eigenvalue weighted by molar-refractivity contribution is -0.133. The first kappa shape index (κ1) is 11.6. The molecule has 0 aliphatic carbocycles. The molecular formula is C10H15N5O2. The fraction of sp³-hybridized carbons (Fsp3) is 0.600. The van der Waals surface area contributed by atoms with Crippen molar-refractivity contribution in [3.63, 3.8) is 0 Å². The van der Waals surface area contributed by atoms with Gasteiger partial charge >= 0.3 is 0 Å². The maximum atomic E-state index is 11.5. The summed E-state index contributed by atoms with van der Waals surface area (Å²) in [7, 11) is 0. The van der Waals surface area contributed by atoms with E-state index in [0.29, 0.717) is 19.5 Å². The molecule has 1 aromatic heterocycles. The summed E-state index contributed by atoms with van der Waals surface area (Å²) in [5.74, 6) is -0.102. The minimum absolute atomic E-state index is 0.173. The van der Waals surface area contributed by atoms with Gasteiger partial charge in [0, 0.05) is 26.1 Å². The van der Waals surface area contributed by atoms with Gasteiger partial charge in [0.25, 0.3) is 5.91 Å². The van der Waals surface area contributed by atoms with Gasteiger partial charge in [0.2, 0.25) is 5.91 Å². The molecule has 0 atom stereocenters. The summed E-state index contributed by atoms with van der Waals surface area (Å²) in [6.45, 7) is 1.79. The van der Waals surface area contributed by atoms with Crippen molar-refractivity contribution in [2.24, 2.45) is 0 Å². The van der Waals surface area contributed by atoms with E-state index >= 15 is 0 Å². The second-order valence-electron chi connectivity index (χ2n) is 3.95. The number of hydrogen-bond acceptors (Lipinski definition) is 4. The van der Waals surface area contributed by atoms with Gasteiger partial charge in [-0.25, -0.2) is 0 Å². The molecule has 0 bridgehead atoms. The number of amides is 2. The molecule has 1 aliphatic rings. The average molecular weight is 237 g/mol. The predicted molar refractivity (Wildman–Crippen MR) is 59.1 cm³/mol. The fourth-order valence-corrected chi connectivity index (χ4v) is 1.80. The first-order valence-electron chi connectivity index (χ1n) is 5.69. The van der Waals surface area contributed by atoms with Crippen LogP contribution in [0, 0.1) is 0 Å². The third kappa shape index (κ3) is 3.02. The molecule has 0 saturated carbocycles. The quantitative estimate of drug-likeness (QED) is 0.741. The largest absolute Gasteiger partial charge is 0.349 e. The number of carbonyl (C=O) groups is 2. The molecule has 1 saturated heterocycles. The van der Waals surface area contributed by atoms with E-state index in [0.717, 1.165) is 19.4 Å². The van der Waals surface area contributed by atoms with Gasteiger partial charge in [-0.15, -0.1) is 0 Å². The summed E-state index contributed by atoms with van der Waals surface area (Å²) in [5, 5.41) is 12.3. The molecule has 1 fully saturated rings. The summed E-state index contributed by atoms with van der Waals surface area (Å²) in [6.07, 6.45) is 4.00. The Balaban J connectivity index is 1.72. The molecule has 2 N–H and O–H groups in total. The number of nitrogens with zero attached hydrogens (tertiary/aromatic N) is 3. The van der Waals surface area contributed by atoms with E-state index in [9.17, 15) is 9.59 Å². The van der Waals surface area contributed by atoms with Crippen molar-refractivity contribution < 1.29 is 9.59 Å². The molecule has 92 valence electrons. The van der Waals surface area contributed by atoms with Crippen LogP contribution in [0.2, 0.25) is 0 Å². The lowest BCUT2D eigenvalue weighted by Crippen LogP contribution is -2.41. The minimum Gasteiger partial charge on any atom is -0.349 e. The minimum atomic E-state index is -0.275. The molecule has 0 radical (unpaired) electrons. The van der Waals surface area contributed by atoms with Crippen LogP contribution >= 0.6 is 0 Å². The topological polar surface area (TPSA) is 91.0 Å². The van der Waals surface area contributed by atoms with Gasteiger partial charge in [0.05, 0.1) is 6.20 Å². The summed E-state index contributed by atoms with van der Waals surface area (Å²) in [6, 6.07) is 0. The number of piperidine rings is 1. The molecule has 2 heterocycles. The molecule has 0 unspecified atom stereocenters. The highest BCUT2D eigenvalue weighted by atomic mass is 16.2. The number of H-pyrrole nitrogens is 1. The average Bonchev–Trinajstić information content (AvgIpc) is 2.85. The zero-order valence-electron chi connectivity index (χ0n) is 9.48. The third-order valence-electron chi connectivity index (χ3n) is 2.74. The van der Waals surface area contributed by atoms with E-state index in [2.05, 4.69) is 20.7 Å². The number of aromatic amines is 1. The van der Waals surface area contributed by atoms with E-state index in [4.69, 9.17) is 0 Å². The van der Waals surface area contributed by atoms with Crippen molar-refractivity contribution >= 4 is 11.8 Å². The Kier molecular flexibility index (Phi) is 3.69. The number of rotatable bonds is 4. The summed E-state index contributed by atoms with van der Waals surface area (Å²) in [4.78, 5) is 24.8. The van der Waals surface area contributed by atoms with Crippen molar-refractivity contribution in [1.82, 2.24) is 25.6 Å². The van der Waals surface area contributed by atoms with E-state index in [1.54, 1.807) is 4.90 Å². The van der Waals surface area contributed by atoms with Crippen LogP contribution in [0.25, 0.3) is 0 Å². The van der Waals surface area contributed by atoms with Crippen molar-refractivity contribution in [2.75, 3.05) is 19.6 Å². The van der Waals surface area contributed by atoms with Gasteiger partial charge < -0.3 is 10.2 Å². The molecule has 1 aliphatic heterocycles. The lowest BCUT2D eigenvalue weighted by atomic mass is 10.1. The normalized spacial score (nSPS) is 16.0. The Hall–Kier alpha value is -1.92. The van der Waals surface area contributed by atoms with Gasteiger partial charge in [-0.05, 0) is 12.8 Å². The van der Waals surface area contributed by atoms with Crippen LogP contribution in [0.3, 0.4) is 0 Å². The Morgan fingerprint density at radius 3 is 3.12 bits per heavy atom. The Morgan fingerprint density at radius 1 is 1.53 bits per heavy atom. The van der Waals surface area contributed by atoms with Crippen LogP contribution < -0.4 is 5.32 Å². The van der Waals surface area contributed by atoms with Gasteiger partial charge in [-0.2, -0.15) is 15.4 Å². The van der Waals surface area contributed by atoms with Gasteiger partial charge in [-0.3, -0.25) is 9.59 Å². The van der Waals surface area contributed by atoms with Crippen molar-refractivity contribution in [1.29, 1.82) is 0 Å². The molecule has 7 heteroatoms. The smallest absolute Gasteiger partial charge is 0.273 e. The van der Waals surface area contributed by atoms with Crippen LogP contribution in [0.5, 0.6) is 0 Å². The highest BCUT2D eigenvalue weighted by Gasteiger charge is 2.17. The van der Waals surface area contributed by atoms with E-state index in [1.165, 1.54) is 6.20 Å². The van der Waals surface area contributed by atoms with E-state index in [1.807, 2.05) is 0 Å².